The van der Waals surface area contributed by atoms with E-state index < -0.39 is 23.5 Å². The summed E-state index contributed by atoms with van der Waals surface area (Å²) in [6.07, 6.45) is 5.91. The van der Waals surface area contributed by atoms with Gasteiger partial charge in [-0.05, 0) is 82.4 Å². The number of carbonyl (C=O) groups is 3. The Kier molecular flexibility index (Phi) is 8.73. The lowest BCUT2D eigenvalue weighted by atomic mass is 10.0. The molecule has 3 aromatic rings. The predicted octanol–water partition coefficient (Wildman–Crippen LogP) is 4.21. The van der Waals surface area contributed by atoms with Crippen molar-refractivity contribution in [1.82, 2.24) is 25.4 Å². The van der Waals surface area contributed by atoms with Gasteiger partial charge in [0.05, 0.1) is 30.6 Å². The van der Waals surface area contributed by atoms with E-state index in [1.165, 1.54) is 6.20 Å². The van der Waals surface area contributed by atoms with Crippen LogP contribution >= 0.6 is 0 Å². The molecule has 230 valence electrons. The fraction of sp³-hybridized carbons (Fsp3) is 0.531. The minimum absolute atomic E-state index is 0.0374. The van der Waals surface area contributed by atoms with E-state index in [0.29, 0.717) is 34.4 Å². The Labute approximate surface area is 251 Å². The number of benzene rings is 1. The van der Waals surface area contributed by atoms with Gasteiger partial charge in [-0.25, -0.2) is 9.78 Å². The van der Waals surface area contributed by atoms with Gasteiger partial charge < -0.3 is 24.9 Å². The number of amides is 2. The molecule has 3 N–H and O–H groups in total. The number of rotatable bonds is 13. The highest BCUT2D eigenvalue weighted by atomic mass is 16.5. The van der Waals surface area contributed by atoms with Crippen LogP contribution in [-0.4, -0.2) is 61.9 Å². The first-order valence-electron chi connectivity index (χ1n) is 15.1. The maximum atomic E-state index is 13.5. The largest absolute Gasteiger partial charge is 0.464 e. The van der Waals surface area contributed by atoms with Crippen molar-refractivity contribution in [3.8, 4) is 22.7 Å². The SMILES string of the molecule is CCOC(=O)[C@@H](NC(=O)c1cnc(-c2cccc(-c3cc(C(=O)NC(C4CC4)C4CC4)n(CC(C)(C)O)n3)c2)o1)C(C)C. The quantitative estimate of drug-likeness (QED) is 0.250. The van der Waals surface area contributed by atoms with Crippen LogP contribution in [-0.2, 0) is 16.1 Å². The Morgan fingerprint density at radius 3 is 2.35 bits per heavy atom. The molecular formula is C32H41N5O6. The first-order valence-corrected chi connectivity index (χ1v) is 15.1. The van der Waals surface area contributed by atoms with E-state index in [1.54, 1.807) is 37.6 Å². The van der Waals surface area contributed by atoms with Gasteiger partial charge in [0.15, 0.2) is 0 Å². The van der Waals surface area contributed by atoms with Gasteiger partial charge in [-0.2, -0.15) is 5.10 Å². The lowest BCUT2D eigenvalue weighted by molar-refractivity contribution is -0.146. The summed E-state index contributed by atoms with van der Waals surface area (Å²) in [7, 11) is 0. The van der Waals surface area contributed by atoms with Crippen LogP contribution in [0.15, 0.2) is 40.9 Å². The van der Waals surface area contributed by atoms with E-state index in [2.05, 4.69) is 15.6 Å². The van der Waals surface area contributed by atoms with Crippen molar-refractivity contribution in [3.05, 3.63) is 48.0 Å². The monoisotopic (exact) mass is 591 g/mol. The number of hydrogen-bond acceptors (Lipinski definition) is 8. The highest BCUT2D eigenvalue weighted by Crippen LogP contribution is 2.44. The first-order chi connectivity index (χ1) is 20.4. The number of nitrogens with one attached hydrogen (secondary N) is 2. The molecule has 2 aliphatic rings. The summed E-state index contributed by atoms with van der Waals surface area (Å²) in [6.45, 7) is 9.06. The Hall–Kier alpha value is -3.99. The fourth-order valence-corrected chi connectivity index (χ4v) is 5.25. The molecule has 11 heteroatoms. The summed E-state index contributed by atoms with van der Waals surface area (Å²) < 4.78 is 12.4. The Balaban J connectivity index is 1.37. The van der Waals surface area contributed by atoms with Crippen molar-refractivity contribution in [2.75, 3.05) is 6.61 Å². The second-order valence-corrected chi connectivity index (χ2v) is 12.6. The highest BCUT2D eigenvalue weighted by molar-refractivity contribution is 5.95. The van der Waals surface area contributed by atoms with Gasteiger partial charge in [-0.3, -0.25) is 14.3 Å². The number of nitrogens with zero attached hydrogens (tertiary/aromatic N) is 3. The van der Waals surface area contributed by atoms with E-state index in [9.17, 15) is 19.5 Å². The molecule has 2 fully saturated rings. The Bertz CT molecular complexity index is 1470. The third kappa shape index (κ3) is 7.51. The average molecular weight is 592 g/mol. The molecule has 2 saturated carbocycles. The van der Waals surface area contributed by atoms with Gasteiger partial charge >= 0.3 is 5.97 Å². The molecule has 5 rings (SSSR count). The minimum Gasteiger partial charge on any atom is -0.464 e. The summed E-state index contributed by atoms with van der Waals surface area (Å²) in [5, 5.41) is 21.2. The van der Waals surface area contributed by atoms with Crippen molar-refractivity contribution in [2.24, 2.45) is 17.8 Å². The first kappa shape index (κ1) is 30.5. The van der Waals surface area contributed by atoms with Crippen molar-refractivity contribution in [2.45, 2.75) is 84.5 Å². The van der Waals surface area contributed by atoms with Crippen LogP contribution in [0, 0.1) is 17.8 Å². The molecule has 2 aliphatic carbocycles. The summed E-state index contributed by atoms with van der Waals surface area (Å²) in [4.78, 5) is 42.9. The third-order valence-corrected chi connectivity index (χ3v) is 7.74. The predicted molar refractivity (Wildman–Crippen MR) is 159 cm³/mol. The molecule has 0 saturated heterocycles. The molecule has 0 unspecified atom stereocenters. The zero-order chi connectivity index (χ0) is 30.9. The van der Waals surface area contributed by atoms with Gasteiger partial charge in [0.1, 0.15) is 11.7 Å². The van der Waals surface area contributed by atoms with Gasteiger partial charge in [-0.15, -0.1) is 0 Å². The lowest BCUT2D eigenvalue weighted by Crippen LogP contribution is -2.45. The zero-order valence-corrected chi connectivity index (χ0v) is 25.4. The molecule has 43 heavy (non-hydrogen) atoms. The fourth-order valence-electron chi connectivity index (χ4n) is 5.25. The Morgan fingerprint density at radius 1 is 1.07 bits per heavy atom. The molecule has 0 spiro atoms. The van der Waals surface area contributed by atoms with Crippen LogP contribution in [0.3, 0.4) is 0 Å². The summed E-state index contributed by atoms with van der Waals surface area (Å²) in [5.41, 5.74) is 1.19. The molecule has 0 aliphatic heterocycles. The van der Waals surface area contributed by atoms with Gasteiger partial charge in [0.25, 0.3) is 11.8 Å². The molecule has 0 bridgehead atoms. The van der Waals surface area contributed by atoms with Gasteiger partial charge in [-0.1, -0.05) is 26.0 Å². The maximum Gasteiger partial charge on any atom is 0.328 e. The average Bonchev–Trinajstić information content (AvgIpc) is 3.88. The summed E-state index contributed by atoms with van der Waals surface area (Å²) in [6, 6.07) is 8.40. The second kappa shape index (κ2) is 12.3. The lowest BCUT2D eigenvalue weighted by Gasteiger charge is -2.20. The molecule has 2 heterocycles. The number of esters is 1. The number of hydrogen-bond donors (Lipinski definition) is 3. The van der Waals surface area contributed by atoms with E-state index in [0.717, 1.165) is 25.7 Å². The van der Waals surface area contributed by atoms with E-state index in [-0.39, 0.29) is 42.7 Å². The second-order valence-electron chi connectivity index (χ2n) is 12.6. The molecule has 2 aromatic heterocycles. The number of aromatic nitrogens is 3. The topological polar surface area (TPSA) is 149 Å². The normalized spacial score (nSPS) is 15.9. The van der Waals surface area contributed by atoms with Crippen molar-refractivity contribution >= 4 is 17.8 Å². The van der Waals surface area contributed by atoms with Gasteiger partial charge in [0.2, 0.25) is 11.7 Å². The standard InChI is InChI=1S/C32H41N5O6/c1-6-42-31(40)26(18(2)3)34-29(39)25-16-33-30(43-25)22-9-7-8-21(14-22)23-15-24(37(36-23)17-32(4,5)41)28(38)35-27(19-10-11-19)20-12-13-20/h7-9,14-16,18-20,26-27,41H,6,10-13,17H2,1-5H3,(H,34,39)(H,35,38)/t26-/m0/s1. The zero-order valence-electron chi connectivity index (χ0n) is 25.4. The molecule has 0 radical (unpaired) electrons. The van der Waals surface area contributed by atoms with E-state index in [1.807, 2.05) is 32.0 Å². The smallest absolute Gasteiger partial charge is 0.328 e. The molecule has 2 amide bonds. The maximum absolute atomic E-state index is 13.5. The number of aliphatic hydroxyl groups is 1. The van der Waals surface area contributed by atoms with E-state index in [4.69, 9.17) is 14.3 Å². The molecule has 1 atom stereocenters. The van der Waals surface area contributed by atoms with Crippen LogP contribution in [0.2, 0.25) is 0 Å². The number of carbonyl (C=O) groups excluding carboxylic acids is 3. The Morgan fingerprint density at radius 2 is 1.74 bits per heavy atom. The minimum atomic E-state index is -1.08. The summed E-state index contributed by atoms with van der Waals surface area (Å²) >= 11 is 0. The van der Waals surface area contributed by atoms with Crippen LogP contribution in [0.25, 0.3) is 22.7 Å². The van der Waals surface area contributed by atoms with Crippen molar-refractivity contribution < 1.29 is 28.6 Å². The van der Waals surface area contributed by atoms with E-state index >= 15 is 0 Å². The third-order valence-electron chi connectivity index (χ3n) is 7.74. The molecule has 11 nitrogen and oxygen atoms in total. The highest BCUT2D eigenvalue weighted by Gasteiger charge is 2.42. The summed E-state index contributed by atoms with van der Waals surface area (Å²) in [5.74, 6) is -0.170. The van der Waals surface area contributed by atoms with Crippen LogP contribution in [0.4, 0.5) is 0 Å². The van der Waals surface area contributed by atoms with Crippen molar-refractivity contribution in [1.29, 1.82) is 0 Å². The van der Waals surface area contributed by atoms with Crippen LogP contribution in [0.1, 0.15) is 81.3 Å². The van der Waals surface area contributed by atoms with Gasteiger partial charge in [0, 0.05) is 17.2 Å². The van der Waals surface area contributed by atoms with Crippen molar-refractivity contribution in [3.63, 3.8) is 0 Å². The van der Waals surface area contributed by atoms with Crippen LogP contribution in [0.5, 0.6) is 0 Å². The van der Waals surface area contributed by atoms with Crippen LogP contribution < -0.4 is 10.6 Å². The number of oxazole rings is 1. The number of ether oxygens (including phenoxy) is 1. The molecular weight excluding hydrogens is 550 g/mol. The molecule has 1 aromatic carbocycles.